The van der Waals surface area contributed by atoms with E-state index in [1.807, 2.05) is 13.0 Å². The molecule has 1 fully saturated rings. The zero-order valence-electron chi connectivity index (χ0n) is 16.6. The van der Waals surface area contributed by atoms with Crippen molar-refractivity contribution in [2.45, 2.75) is 13.5 Å². The number of nitrogens with zero attached hydrogens (tertiary/aromatic N) is 1. The average Bonchev–Trinajstić information content (AvgIpc) is 2.78. The van der Waals surface area contributed by atoms with Crippen LogP contribution in [0, 0.1) is 6.92 Å². The van der Waals surface area contributed by atoms with Gasteiger partial charge in [0.1, 0.15) is 5.58 Å². The van der Waals surface area contributed by atoms with Gasteiger partial charge in [-0.2, -0.15) is 0 Å². The summed E-state index contributed by atoms with van der Waals surface area (Å²) < 4.78 is 10.9. The van der Waals surface area contributed by atoms with E-state index in [0.29, 0.717) is 42.8 Å². The minimum Gasteiger partial charge on any atom is -0.451 e. The van der Waals surface area contributed by atoms with Gasteiger partial charge in [0.25, 0.3) is 11.8 Å². The van der Waals surface area contributed by atoms with E-state index in [-0.39, 0.29) is 23.6 Å². The molecular weight excluding hydrogens is 384 g/mol. The molecule has 0 saturated carbocycles. The van der Waals surface area contributed by atoms with E-state index in [4.69, 9.17) is 9.15 Å². The van der Waals surface area contributed by atoms with Gasteiger partial charge in [-0.3, -0.25) is 14.4 Å². The first-order valence-electron chi connectivity index (χ1n) is 9.80. The van der Waals surface area contributed by atoms with Crippen molar-refractivity contribution in [1.82, 2.24) is 10.2 Å². The number of carbonyl (C=O) groups excluding carboxylic acids is 2. The van der Waals surface area contributed by atoms with Crippen LogP contribution < -0.4 is 10.7 Å². The van der Waals surface area contributed by atoms with Crippen LogP contribution in [0.4, 0.5) is 0 Å². The third-order valence-electron chi connectivity index (χ3n) is 5.06. The van der Waals surface area contributed by atoms with Gasteiger partial charge in [-0.05, 0) is 36.8 Å². The van der Waals surface area contributed by atoms with E-state index in [2.05, 4.69) is 5.32 Å². The number of morpholine rings is 1. The molecule has 1 aliphatic rings. The summed E-state index contributed by atoms with van der Waals surface area (Å²) in [6.45, 7) is 4.43. The summed E-state index contributed by atoms with van der Waals surface area (Å²) >= 11 is 0. The molecule has 0 unspecified atom stereocenters. The molecular formula is C23H22N2O5. The predicted molar refractivity (Wildman–Crippen MR) is 112 cm³/mol. The van der Waals surface area contributed by atoms with Crippen LogP contribution in [0.1, 0.15) is 32.0 Å². The van der Waals surface area contributed by atoms with E-state index < -0.39 is 5.91 Å². The SMILES string of the molecule is Cc1ccc2oc(C(=O)NCc3ccc(C(=O)N4CCOCC4)cc3)cc(=O)c2c1. The molecule has 7 nitrogen and oxygen atoms in total. The molecule has 1 aromatic heterocycles. The molecule has 154 valence electrons. The summed E-state index contributed by atoms with van der Waals surface area (Å²) in [6, 6.07) is 13.6. The summed E-state index contributed by atoms with van der Waals surface area (Å²) in [5, 5.41) is 3.20. The van der Waals surface area contributed by atoms with Crippen LogP contribution in [-0.4, -0.2) is 43.0 Å². The van der Waals surface area contributed by atoms with Gasteiger partial charge in [-0.1, -0.05) is 23.8 Å². The number of rotatable bonds is 4. The van der Waals surface area contributed by atoms with Gasteiger partial charge in [0, 0.05) is 31.3 Å². The van der Waals surface area contributed by atoms with Crippen LogP contribution in [-0.2, 0) is 11.3 Å². The van der Waals surface area contributed by atoms with Crippen molar-refractivity contribution in [3.8, 4) is 0 Å². The standard InChI is InChI=1S/C23H22N2O5/c1-15-2-7-20-18(12-15)19(26)13-21(30-20)22(27)24-14-16-3-5-17(6-4-16)23(28)25-8-10-29-11-9-25/h2-7,12-13H,8-11,14H2,1H3,(H,24,27). The van der Waals surface area contributed by atoms with Crippen LogP contribution in [0.25, 0.3) is 11.0 Å². The average molecular weight is 406 g/mol. The molecule has 0 aliphatic carbocycles. The third kappa shape index (κ3) is 4.26. The first-order valence-corrected chi connectivity index (χ1v) is 9.80. The first kappa shape index (κ1) is 19.8. The zero-order valence-corrected chi connectivity index (χ0v) is 16.6. The second-order valence-electron chi connectivity index (χ2n) is 7.26. The molecule has 1 saturated heterocycles. The monoisotopic (exact) mass is 406 g/mol. The van der Waals surface area contributed by atoms with Gasteiger partial charge in [-0.15, -0.1) is 0 Å². The van der Waals surface area contributed by atoms with Crippen molar-refractivity contribution in [3.63, 3.8) is 0 Å². The van der Waals surface area contributed by atoms with Crippen LogP contribution in [0.5, 0.6) is 0 Å². The molecule has 4 rings (SSSR count). The molecule has 30 heavy (non-hydrogen) atoms. The van der Waals surface area contributed by atoms with E-state index >= 15 is 0 Å². The van der Waals surface area contributed by atoms with Crippen LogP contribution in [0.3, 0.4) is 0 Å². The lowest BCUT2D eigenvalue weighted by atomic mass is 10.1. The molecule has 2 aromatic carbocycles. The van der Waals surface area contributed by atoms with E-state index in [9.17, 15) is 14.4 Å². The number of carbonyl (C=O) groups is 2. The maximum atomic E-state index is 12.5. The summed E-state index contributed by atoms with van der Waals surface area (Å²) in [6.07, 6.45) is 0. The molecule has 1 aliphatic heterocycles. The van der Waals surface area contributed by atoms with Crippen LogP contribution in [0.2, 0.25) is 0 Å². The molecule has 0 radical (unpaired) electrons. The Balaban J connectivity index is 1.41. The fourth-order valence-electron chi connectivity index (χ4n) is 3.37. The van der Waals surface area contributed by atoms with E-state index in [0.717, 1.165) is 11.1 Å². The normalized spacial score (nSPS) is 14.0. The number of benzene rings is 2. The highest BCUT2D eigenvalue weighted by Gasteiger charge is 2.18. The number of amides is 2. The fourth-order valence-corrected chi connectivity index (χ4v) is 3.37. The maximum absolute atomic E-state index is 12.5. The minimum atomic E-state index is -0.469. The number of nitrogens with one attached hydrogen (secondary N) is 1. The van der Waals surface area contributed by atoms with Gasteiger partial charge < -0.3 is 19.4 Å². The molecule has 2 heterocycles. The zero-order chi connectivity index (χ0) is 21.1. The lowest BCUT2D eigenvalue weighted by molar-refractivity contribution is 0.0303. The molecule has 0 bridgehead atoms. The Morgan fingerprint density at radius 2 is 1.77 bits per heavy atom. The maximum Gasteiger partial charge on any atom is 0.287 e. The van der Waals surface area contributed by atoms with Gasteiger partial charge in [0.2, 0.25) is 0 Å². The smallest absolute Gasteiger partial charge is 0.287 e. The molecule has 0 spiro atoms. The minimum absolute atomic E-state index is 0.0259. The predicted octanol–water partition coefficient (Wildman–Crippen LogP) is 2.50. The molecule has 0 atom stereocenters. The topological polar surface area (TPSA) is 88.8 Å². The lowest BCUT2D eigenvalue weighted by Crippen LogP contribution is -2.40. The Bertz CT molecular complexity index is 1140. The Labute approximate surface area is 173 Å². The van der Waals surface area contributed by atoms with Crippen molar-refractivity contribution < 1.29 is 18.7 Å². The van der Waals surface area contributed by atoms with Crippen molar-refractivity contribution >= 4 is 22.8 Å². The van der Waals surface area contributed by atoms with Gasteiger partial charge in [0.15, 0.2) is 11.2 Å². The molecule has 7 heteroatoms. The van der Waals surface area contributed by atoms with Crippen LogP contribution in [0.15, 0.2) is 57.7 Å². The summed E-state index contributed by atoms with van der Waals surface area (Å²) in [5.74, 6) is -0.527. The van der Waals surface area contributed by atoms with Gasteiger partial charge >= 0.3 is 0 Å². The Kier molecular flexibility index (Phi) is 5.63. The van der Waals surface area contributed by atoms with Crippen molar-refractivity contribution in [2.75, 3.05) is 26.3 Å². The van der Waals surface area contributed by atoms with E-state index in [1.54, 1.807) is 41.3 Å². The lowest BCUT2D eigenvalue weighted by Gasteiger charge is -2.26. The highest BCUT2D eigenvalue weighted by Crippen LogP contribution is 2.14. The number of fused-ring (bicyclic) bond motifs is 1. The van der Waals surface area contributed by atoms with Crippen molar-refractivity contribution in [2.24, 2.45) is 0 Å². The highest BCUT2D eigenvalue weighted by molar-refractivity contribution is 5.94. The Hall–Kier alpha value is -3.45. The largest absolute Gasteiger partial charge is 0.451 e. The quantitative estimate of drug-likeness (QED) is 0.719. The summed E-state index contributed by atoms with van der Waals surface area (Å²) in [5.41, 5.74) is 2.51. The van der Waals surface area contributed by atoms with Crippen molar-refractivity contribution in [3.05, 3.63) is 81.2 Å². The number of aryl methyl sites for hydroxylation is 1. The highest BCUT2D eigenvalue weighted by atomic mass is 16.5. The second-order valence-corrected chi connectivity index (χ2v) is 7.26. The number of hydrogen-bond donors (Lipinski definition) is 1. The summed E-state index contributed by atoms with van der Waals surface area (Å²) in [7, 11) is 0. The fraction of sp³-hybridized carbons (Fsp3) is 0.261. The third-order valence-corrected chi connectivity index (χ3v) is 5.06. The Morgan fingerprint density at radius 3 is 2.50 bits per heavy atom. The van der Waals surface area contributed by atoms with E-state index in [1.165, 1.54) is 6.07 Å². The summed E-state index contributed by atoms with van der Waals surface area (Å²) in [4.78, 5) is 39.0. The Morgan fingerprint density at radius 1 is 1.03 bits per heavy atom. The number of hydrogen-bond acceptors (Lipinski definition) is 5. The molecule has 3 aromatic rings. The first-order chi connectivity index (χ1) is 14.5. The van der Waals surface area contributed by atoms with Crippen molar-refractivity contribution in [1.29, 1.82) is 0 Å². The molecule has 1 N–H and O–H groups in total. The van der Waals surface area contributed by atoms with Gasteiger partial charge in [-0.25, -0.2) is 0 Å². The molecule has 2 amide bonds. The second kappa shape index (κ2) is 8.51. The van der Waals surface area contributed by atoms with Crippen LogP contribution >= 0.6 is 0 Å². The van der Waals surface area contributed by atoms with Gasteiger partial charge in [0.05, 0.1) is 18.6 Å². The number of ether oxygens (including phenoxy) is 1.